The minimum absolute atomic E-state index is 0.0397. The molecule has 0 bridgehead atoms. The van der Waals surface area contributed by atoms with Crippen LogP contribution in [0.3, 0.4) is 0 Å². The molecule has 8 heteroatoms. The number of benzene rings is 2. The standard InChI is InChI=1S/C13H7BrClFN2O3/c14-9-6-7(16)4-5-10(9)17-13(19)8-2-1-3-11(12(8)15)18(20)21/h1-6H,(H,17,19). The minimum Gasteiger partial charge on any atom is -0.321 e. The van der Waals surface area contributed by atoms with Gasteiger partial charge in [-0.15, -0.1) is 0 Å². The van der Waals surface area contributed by atoms with Crippen molar-refractivity contribution in [2.75, 3.05) is 5.32 Å². The van der Waals surface area contributed by atoms with E-state index >= 15 is 0 Å². The zero-order valence-corrected chi connectivity index (χ0v) is 12.6. The molecule has 0 aliphatic rings. The molecule has 0 spiro atoms. The van der Waals surface area contributed by atoms with Crippen molar-refractivity contribution in [3.8, 4) is 0 Å². The average molecular weight is 374 g/mol. The number of nitrogens with zero attached hydrogens (tertiary/aromatic N) is 1. The second-order valence-electron chi connectivity index (χ2n) is 3.97. The van der Waals surface area contributed by atoms with Crippen molar-refractivity contribution in [2.45, 2.75) is 0 Å². The second kappa shape index (κ2) is 6.19. The van der Waals surface area contributed by atoms with E-state index in [9.17, 15) is 19.3 Å². The number of rotatable bonds is 3. The maximum Gasteiger partial charge on any atom is 0.288 e. The maximum absolute atomic E-state index is 13.0. The smallest absolute Gasteiger partial charge is 0.288 e. The summed E-state index contributed by atoms with van der Waals surface area (Å²) in [5.41, 5.74) is -0.0754. The minimum atomic E-state index is -0.674. The van der Waals surface area contributed by atoms with E-state index in [-0.39, 0.29) is 16.3 Å². The van der Waals surface area contributed by atoms with E-state index in [0.717, 1.165) is 0 Å². The van der Waals surface area contributed by atoms with Gasteiger partial charge in [-0.3, -0.25) is 14.9 Å². The Morgan fingerprint density at radius 3 is 2.67 bits per heavy atom. The number of nitro benzene ring substituents is 1. The molecule has 0 aliphatic heterocycles. The highest BCUT2D eigenvalue weighted by Gasteiger charge is 2.20. The van der Waals surface area contributed by atoms with E-state index in [1.807, 2.05) is 0 Å². The van der Waals surface area contributed by atoms with Crippen LogP contribution in [-0.2, 0) is 0 Å². The molecule has 0 saturated carbocycles. The number of amides is 1. The van der Waals surface area contributed by atoms with Crippen LogP contribution >= 0.6 is 27.5 Å². The van der Waals surface area contributed by atoms with Gasteiger partial charge in [0.25, 0.3) is 11.6 Å². The Kier molecular flexibility index (Phi) is 4.54. The monoisotopic (exact) mass is 372 g/mol. The molecule has 108 valence electrons. The molecule has 2 aromatic carbocycles. The first-order valence-corrected chi connectivity index (χ1v) is 6.76. The number of nitrogens with one attached hydrogen (secondary N) is 1. The number of anilines is 1. The molecule has 0 fully saturated rings. The Bertz CT molecular complexity index is 739. The maximum atomic E-state index is 13.0. The quantitative estimate of drug-likeness (QED) is 0.640. The number of hydrogen-bond donors (Lipinski definition) is 1. The highest BCUT2D eigenvalue weighted by Crippen LogP contribution is 2.29. The van der Waals surface area contributed by atoms with Crippen molar-refractivity contribution < 1.29 is 14.1 Å². The summed E-state index contributed by atoms with van der Waals surface area (Å²) < 4.78 is 13.3. The fourth-order valence-corrected chi connectivity index (χ4v) is 2.35. The highest BCUT2D eigenvalue weighted by atomic mass is 79.9. The first-order chi connectivity index (χ1) is 9.90. The Morgan fingerprint density at radius 2 is 2.05 bits per heavy atom. The van der Waals surface area contributed by atoms with E-state index < -0.39 is 16.6 Å². The van der Waals surface area contributed by atoms with Crippen molar-refractivity contribution in [1.29, 1.82) is 0 Å². The van der Waals surface area contributed by atoms with Gasteiger partial charge in [-0.1, -0.05) is 17.7 Å². The van der Waals surface area contributed by atoms with Gasteiger partial charge in [-0.25, -0.2) is 4.39 Å². The molecule has 0 atom stereocenters. The normalized spacial score (nSPS) is 10.2. The number of carbonyl (C=O) groups is 1. The molecule has 1 N–H and O–H groups in total. The van der Waals surface area contributed by atoms with E-state index in [2.05, 4.69) is 21.2 Å². The molecule has 1 amide bonds. The van der Waals surface area contributed by atoms with E-state index in [4.69, 9.17) is 11.6 Å². The van der Waals surface area contributed by atoms with Crippen LogP contribution in [0.15, 0.2) is 40.9 Å². The first-order valence-electron chi connectivity index (χ1n) is 5.59. The van der Waals surface area contributed by atoms with Crippen LogP contribution in [0.25, 0.3) is 0 Å². The number of nitro groups is 1. The Labute approximate surface area is 132 Å². The summed E-state index contributed by atoms with van der Waals surface area (Å²) in [6.07, 6.45) is 0. The van der Waals surface area contributed by atoms with Crippen molar-refractivity contribution in [2.24, 2.45) is 0 Å². The number of halogens is 3. The SMILES string of the molecule is O=C(Nc1ccc(F)cc1Br)c1cccc([N+](=O)[O-])c1Cl. The van der Waals surface area contributed by atoms with Gasteiger partial charge in [0.1, 0.15) is 10.8 Å². The van der Waals surface area contributed by atoms with Crippen molar-refractivity contribution in [1.82, 2.24) is 0 Å². The van der Waals surface area contributed by atoms with Crippen molar-refractivity contribution in [3.63, 3.8) is 0 Å². The lowest BCUT2D eigenvalue weighted by molar-refractivity contribution is -0.384. The third-order valence-electron chi connectivity index (χ3n) is 2.60. The third-order valence-corrected chi connectivity index (χ3v) is 3.65. The summed E-state index contributed by atoms with van der Waals surface area (Å²) in [6, 6.07) is 7.65. The van der Waals surface area contributed by atoms with Crippen LogP contribution in [0.5, 0.6) is 0 Å². The Morgan fingerprint density at radius 1 is 1.33 bits per heavy atom. The molecule has 0 unspecified atom stereocenters. The lowest BCUT2D eigenvalue weighted by Gasteiger charge is -2.08. The first kappa shape index (κ1) is 15.4. The van der Waals surface area contributed by atoms with Crippen LogP contribution in [-0.4, -0.2) is 10.8 Å². The lowest BCUT2D eigenvalue weighted by atomic mass is 10.2. The summed E-state index contributed by atoms with van der Waals surface area (Å²) >= 11 is 8.96. The number of carbonyl (C=O) groups excluding carboxylic acids is 1. The zero-order chi connectivity index (χ0) is 15.6. The van der Waals surface area contributed by atoms with Crippen LogP contribution < -0.4 is 5.32 Å². The fourth-order valence-electron chi connectivity index (χ4n) is 1.62. The molecule has 21 heavy (non-hydrogen) atoms. The van der Waals surface area contributed by atoms with E-state index in [1.54, 1.807) is 0 Å². The summed E-state index contributed by atoms with van der Waals surface area (Å²) in [5.74, 6) is -1.09. The van der Waals surface area contributed by atoms with Gasteiger partial charge in [0.15, 0.2) is 0 Å². The number of hydrogen-bond acceptors (Lipinski definition) is 3. The third kappa shape index (κ3) is 3.37. The molecular weight excluding hydrogens is 367 g/mol. The molecule has 2 rings (SSSR count). The zero-order valence-electron chi connectivity index (χ0n) is 10.3. The topological polar surface area (TPSA) is 72.2 Å². The van der Waals surface area contributed by atoms with Crippen LogP contribution in [0, 0.1) is 15.9 Å². The molecule has 0 aliphatic carbocycles. The van der Waals surface area contributed by atoms with Crippen molar-refractivity contribution in [3.05, 3.63) is 67.4 Å². The average Bonchev–Trinajstić information content (AvgIpc) is 2.41. The van der Waals surface area contributed by atoms with Gasteiger partial charge in [-0.2, -0.15) is 0 Å². The Hall–Kier alpha value is -1.99. The van der Waals surface area contributed by atoms with Gasteiger partial charge < -0.3 is 5.32 Å². The molecule has 2 aromatic rings. The summed E-state index contributed by atoms with van der Waals surface area (Å²) in [6.45, 7) is 0. The Balaban J connectivity index is 2.33. The fraction of sp³-hybridized carbons (Fsp3) is 0. The molecule has 0 radical (unpaired) electrons. The summed E-state index contributed by atoms with van der Waals surface area (Å²) in [4.78, 5) is 22.2. The van der Waals surface area contributed by atoms with Gasteiger partial charge in [-0.05, 0) is 40.2 Å². The van der Waals surface area contributed by atoms with Crippen LogP contribution in [0.2, 0.25) is 5.02 Å². The predicted octanol–water partition coefficient (Wildman–Crippen LogP) is 4.40. The molecular formula is C13H7BrClFN2O3. The molecule has 5 nitrogen and oxygen atoms in total. The highest BCUT2D eigenvalue weighted by molar-refractivity contribution is 9.10. The largest absolute Gasteiger partial charge is 0.321 e. The molecule has 0 saturated heterocycles. The van der Waals surface area contributed by atoms with Gasteiger partial charge in [0.05, 0.1) is 16.2 Å². The van der Waals surface area contributed by atoms with Crippen molar-refractivity contribution >= 4 is 44.8 Å². The van der Waals surface area contributed by atoms with Crippen LogP contribution in [0.1, 0.15) is 10.4 Å². The second-order valence-corrected chi connectivity index (χ2v) is 5.21. The van der Waals surface area contributed by atoms with Crippen LogP contribution in [0.4, 0.5) is 15.8 Å². The summed E-state index contributed by atoms with van der Waals surface area (Å²) in [5, 5.41) is 13.0. The van der Waals surface area contributed by atoms with Gasteiger partial charge >= 0.3 is 0 Å². The molecule has 0 heterocycles. The van der Waals surface area contributed by atoms with E-state index in [0.29, 0.717) is 10.2 Å². The lowest BCUT2D eigenvalue weighted by Crippen LogP contribution is -2.13. The molecule has 0 aromatic heterocycles. The van der Waals surface area contributed by atoms with Gasteiger partial charge in [0.2, 0.25) is 0 Å². The predicted molar refractivity (Wildman–Crippen MR) is 80.2 cm³/mol. The van der Waals surface area contributed by atoms with E-state index in [1.165, 1.54) is 36.4 Å². The van der Waals surface area contributed by atoms with Gasteiger partial charge in [0, 0.05) is 10.5 Å². The summed E-state index contributed by atoms with van der Waals surface area (Å²) in [7, 11) is 0.